The first-order valence-corrected chi connectivity index (χ1v) is 3.98. The Labute approximate surface area is 76.5 Å². The minimum Gasteiger partial charge on any atom is -0.410 e. The predicted octanol–water partition coefficient (Wildman–Crippen LogP) is 2.68. The highest BCUT2D eigenvalue weighted by Crippen LogP contribution is 2.15. The quantitative estimate of drug-likeness (QED) is 0.405. The van der Waals surface area contributed by atoms with E-state index in [1.165, 1.54) is 0 Å². The van der Waals surface area contributed by atoms with E-state index in [1.54, 1.807) is 0 Å². The number of oxime groups is 1. The van der Waals surface area contributed by atoms with Crippen LogP contribution in [0.4, 0.5) is 0 Å². The molecule has 64 valence electrons. The SMILES string of the molecule is Cc1cccc(C)c1C(Cl)=NO. The monoisotopic (exact) mass is 183 g/mol. The normalized spacial score (nSPS) is 11.8. The molecule has 0 unspecified atom stereocenters. The van der Waals surface area contributed by atoms with Crippen LogP contribution in [-0.2, 0) is 0 Å². The van der Waals surface area contributed by atoms with Crippen LogP contribution in [0.25, 0.3) is 0 Å². The summed E-state index contributed by atoms with van der Waals surface area (Å²) < 4.78 is 0. The Balaban J connectivity index is 3.31. The van der Waals surface area contributed by atoms with E-state index >= 15 is 0 Å². The number of nitrogens with zero attached hydrogens (tertiary/aromatic N) is 1. The molecule has 0 aliphatic heterocycles. The molecule has 0 fully saturated rings. The van der Waals surface area contributed by atoms with E-state index in [2.05, 4.69) is 5.16 Å². The molecule has 1 aromatic rings. The second-order valence-corrected chi connectivity index (χ2v) is 3.02. The number of aryl methyl sites for hydroxylation is 2. The van der Waals surface area contributed by atoms with E-state index in [0.29, 0.717) is 0 Å². The zero-order valence-electron chi connectivity index (χ0n) is 7.00. The van der Waals surface area contributed by atoms with Crippen LogP contribution in [0, 0.1) is 13.8 Å². The van der Waals surface area contributed by atoms with Crippen molar-refractivity contribution >= 4 is 16.8 Å². The van der Waals surface area contributed by atoms with Gasteiger partial charge in [-0.2, -0.15) is 0 Å². The zero-order chi connectivity index (χ0) is 9.14. The van der Waals surface area contributed by atoms with Crippen molar-refractivity contribution in [2.45, 2.75) is 13.8 Å². The molecule has 0 bridgehead atoms. The Morgan fingerprint density at radius 3 is 2.25 bits per heavy atom. The van der Waals surface area contributed by atoms with E-state index in [9.17, 15) is 0 Å². The number of hydrogen-bond acceptors (Lipinski definition) is 2. The van der Waals surface area contributed by atoms with Gasteiger partial charge in [0.25, 0.3) is 0 Å². The fraction of sp³-hybridized carbons (Fsp3) is 0.222. The fourth-order valence-corrected chi connectivity index (χ4v) is 1.49. The average Bonchev–Trinajstić information content (AvgIpc) is 2.03. The Bertz CT molecular complexity index is 300. The molecule has 0 saturated heterocycles. The molecule has 0 aliphatic rings. The lowest BCUT2D eigenvalue weighted by Gasteiger charge is -2.05. The summed E-state index contributed by atoms with van der Waals surface area (Å²) in [6, 6.07) is 5.79. The van der Waals surface area contributed by atoms with Gasteiger partial charge in [0, 0.05) is 5.56 Å². The Kier molecular flexibility index (Phi) is 2.71. The van der Waals surface area contributed by atoms with Gasteiger partial charge in [-0.25, -0.2) is 0 Å². The summed E-state index contributed by atoms with van der Waals surface area (Å²) in [5.41, 5.74) is 2.83. The number of halogens is 1. The average molecular weight is 184 g/mol. The maximum Gasteiger partial charge on any atom is 0.175 e. The van der Waals surface area contributed by atoms with E-state index in [4.69, 9.17) is 16.8 Å². The minimum atomic E-state index is 0.144. The standard InChI is InChI=1S/C9H10ClNO/c1-6-4-3-5-7(2)8(6)9(10)11-12/h3-5,12H,1-2H3. The summed E-state index contributed by atoms with van der Waals surface area (Å²) in [6.45, 7) is 3.85. The van der Waals surface area contributed by atoms with Crippen LogP contribution < -0.4 is 0 Å². The van der Waals surface area contributed by atoms with Crippen LogP contribution in [0.1, 0.15) is 16.7 Å². The van der Waals surface area contributed by atoms with Crippen molar-refractivity contribution < 1.29 is 5.21 Å². The molecule has 0 spiro atoms. The highest BCUT2D eigenvalue weighted by molar-refractivity contribution is 6.69. The largest absolute Gasteiger partial charge is 0.410 e. The lowest BCUT2D eigenvalue weighted by Crippen LogP contribution is -1.98. The molecule has 12 heavy (non-hydrogen) atoms. The first kappa shape index (κ1) is 9.07. The molecule has 0 radical (unpaired) electrons. The molecule has 0 amide bonds. The Morgan fingerprint density at radius 2 is 1.83 bits per heavy atom. The Morgan fingerprint density at radius 1 is 1.33 bits per heavy atom. The lowest BCUT2D eigenvalue weighted by atomic mass is 10.0. The number of benzene rings is 1. The minimum absolute atomic E-state index is 0.144. The van der Waals surface area contributed by atoms with Crippen molar-refractivity contribution in [1.82, 2.24) is 0 Å². The van der Waals surface area contributed by atoms with Gasteiger partial charge in [-0.05, 0) is 25.0 Å². The molecule has 0 aromatic heterocycles. The predicted molar refractivity (Wildman–Crippen MR) is 50.1 cm³/mol. The molecule has 0 heterocycles. The molecule has 0 aliphatic carbocycles. The molecule has 1 aromatic carbocycles. The van der Waals surface area contributed by atoms with Gasteiger partial charge < -0.3 is 5.21 Å². The van der Waals surface area contributed by atoms with Crippen molar-refractivity contribution in [3.05, 3.63) is 34.9 Å². The van der Waals surface area contributed by atoms with Gasteiger partial charge >= 0.3 is 0 Å². The molecule has 0 atom stereocenters. The first-order valence-electron chi connectivity index (χ1n) is 3.61. The third kappa shape index (κ3) is 1.59. The van der Waals surface area contributed by atoms with Gasteiger partial charge in [-0.3, -0.25) is 0 Å². The molecule has 1 rings (SSSR count). The molecule has 0 saturated carbocycles. The van der Waals surface area contributed by atoms with Gasteiger partial charge in [-0.15, -0.1) is 0 Å². The van der Waals surface area contributed by atoms with Crippen LogP contribution in [0.5, 0.6) is 0 Å². The summed E-state index contributed by atoms with van der Waals surface area (Å²) in [5.74, 6) is 0. The van der Waals surface area contributed by atoms with Gasteiger partial charge in [0.15, 0.2) is 5.17 Å². The maximum absolute atomic E-state index is 8.49. The van der Waals surface area contributed by atoms with Crippen molar-refractivity contribution in [2.75, 3.05) is 0 Å². The van der Waals surface area contributed by atoms with Crippen molar-refractivity contribution in [2.24, 2.45) is 5.16 Å². The van der Waals surface area contributed by atoms with Crippen molar-refractivity contribution in [1.29, 1.82) is 0 Å². The van der Waals surface area contributed by atoms with Crippen LogP contribution in [0.15, 0.2) is 23.4 Å². The molecule has 2 nitrogen and oxygen atoms in total. The summed E-state index contributed by atoms with van der Waals surface area (Å²) in [6.07, 6.45) is 0. The lowest BCUT2D eigenvalue weighted by molar-refractivity contribution is 0.321. The van der Waals surface area contributed by atoms with Gasteiger partial charge in [0.2, 0.25) is 0 Å². The Hall–Kier alpha value is -1.02. The topological polar surface area (TPSA) is 32.6 Å². The second kappa shape index (κ2) is 3.59. The first-order chi connectivity index (χ1) is 5.66. The molecule has 1 N–H and O–H groups in total. The van der Waals surface area contributed by atoms with Crippen LogP contribution in [-0.4, -0.2) is 10.4 Å². The van der Waals surface area contributed by atoms with Gasteiger partial charge in [0.1, 0.15) is 0 Å². The van der Waals surface area contributed by atoms with Crippen LogP contribution in [0.2, 0.25) is 0 Å². The van der Waals surface area contributed by atoms with Gasteiger partial charge in [0.05, 0.1) is 0 Å². The fourth-order valence-electron chi connectivity index (χ4n) is 1.19. The van der Waals surface area contributed by atoms with E-state index in [1.807, 2.05) is 32.0 Å². The van der Waals surface area contributed by atoms with Crippen molar-refractivity contribution in [3.8, 4) is 0 Å². The highest BCUT2D eigenvalue weighted by Gasteiger charge is 2.06. The molecule has 3 heteroatoms. The summed E-state index contributed by atoms with van der Waals surface area (Å²) >= 11 is 5.70. The summed E-state index contributed by atoms with van der Waals surface area (Å²) in [5, 5.41) is 11.6. The van der Waals surface area contributed by atoms with Gasteiger partial charge in [-0.1, -0.05) is 35.0 Å². The molecular weight excluding hydrogens is 174 g/mol. The molecular formula is C9H10ClNO. The van der Waals surface area contributed by atoms with E-state index in [-0.39, 0.29) is 5.17 Å². The van der Waals surface area contributed by atoms with Crippen molar-refractivity contribution in [3.63, 3.8) is 0 Å². The van der Waals surface area contributed by atoms with Crippen LogP contribution in [0.3, 0.4) is 0 Å². The van der Waals surface area contributed by atoms with Crippen LogP contribution >= 0.6 is 11.6 Å². The smallest absolute Gasteiger partial charge is 0.175 e. The third-order valence-electron chi connectivity index (χ3n) is 1.78. The zero-order valence-corrected chi connectivity index (χ0v) is 7.76. The van der Waals surface area contributed by atoms with E-state index in [0.717, 1.165) is 16.7 Å². The number of hydrogen-bond donors (Lipinski definition) is 1. The summed E-state index contributed by atoms with van der Waals surface area (Å²) in [7, 11) is 0. The third-order valence-corrected chi connectivity index (χ3v) is 2.04. The maximum atomic E-state index is 8.49. The van der Waals surface area contributed by atoms with E-state index < -0.39 is 0 Å². The highest BCUT2D eigenvalue weighted by atomic mass is 35.5. The summed E-state index contributed by atoms with van der Waals surface area (Å²) in [4.78, 5) is 0. The number of rotatable bonds is 1. The second-order valence-electron chi connectivity index (χ2n) is 2.66.